The summed E-state index contributed by atoms with van der Waals surface area (Å²) in [5.74, 6) is 0.705. The van der Waals surface area contributed by atoms with Crippen LogP contribution < -0.4 is 11.2 Å². The Morgan fingerprint density at radius 2 is 1.70 bits per heavy atom. The fourth-order valence-corrected chi connectivity index (χ4v) is 3.75. The highest BCUT2D eigenvalue weighted by atomic mass is 16.2. The zero-order valence-electron chi connectivity index (χ0n) is 16.1. The third-order valence-electron chi connectivity index (χ3n) is 5.41. The summed E-state index contributed by atoms with van der Waals surface area (Å²) >= 11 is 0. The number of hydrogen-bond donors (Lipinski definition) is 0. The summed E-state index contributed by atoms with van der Waals surface area (Å²) in [7, 11) is 1.67. The van der Waals surface area contributed by atoms with E-state index in [4.69, 9.17) is 0 Å². The summed E-state index contributed by atoms with van der Waals surface area (Å²) in [5, 5.41) is 0. The van der Waals surface area contributed by atoms with Gasteiger partial charge in [-0.2, -0.15) is 4.98 Å². The lowest BCUT2D eigenvalue weighted by atomic mass is 10.1. The predicted octanol–water partition coefficient (Wildman–Crippen LogP) is 2.03. The van der Waals surface area contributed by atoms with Gasteiger partial charge in [0.1, 0.15) is 0 Å². The molecule has 4 aromatic rings. The molecule has 0 fully saturated rings. The molecule has 1 aromatic carbocycles. The van der Waals surface area contributed by atoms with Crippen molar-refractivity contribution in [3.05, 3.63) is 68.1 Å². The van der Waals surface area contributed by atoms with E-state index in [9.17, 15) is 9.59 Å². The van der Waals surface area contributed by atoms with E-state index in [1.54, 1.807) is 14.0 Å². The molecule has 0 atom stereocenters. The first-order valence-corrected chi connectivity index (χ1v) is 9.17. The van der Waals surface area contributed by atoms with Crippen LogP contribution in [-0.4, -0.2) is 23.1 Å². The molecule has 0 amide bonds. The molecule has 0 aliphatic rings. The monoisotopic (exact) mass is 365 g/mol. The minimum atomic E-state index is -0.332. The molecule has 7 nitrogen and oxygen atoms in total. The molecule has 4 rings (SSSR count). The van der Waals surface area contributed by atoms with Crippen LogP contribution in [0, 0.1) is 13.8 Å². The molecule has 0 spiro atoms. The van der Waals surface area contributed by atoms with E-state index in [-0.39, 0.29) is 11.2 Å². The molecule has 0 unspecified atom stereocenters. The Morgan fingerprint density at radius 3 is 2.37 bits per heavy atom. The van der Waals surface area contributed by atoms with Crippen molar-refractivity contribution in [3.63, 3.8) is 0 Å². The Balaban J connectivity index is 1.97. The van der Waals surface area contributed by atoms with E-state index in [0.29, 0.717) is 23.5 Å². The number of nitrogens with zero attached hydrogens (tertiary/aromatic N) is 5. The first kappa shape index (κ1) is 17.3. The molecular weight excluding hydrogens is 342 g/mol. The van der Waals surface area contributed by atoms with Crippen LogP contribution in [0.4, 0.5) is 0 Å². The van der Waals surface area contributed by atoms with Crippen LogP contribution in [0.1, 0.15) is 23.9 Å². The maximum Gasteiger partial charge on any atom is 0.332 e. The number of imidazole rings is 2. The molecule has 0 aliphatic heterocycles. The molecule has 0 saturated heterocycles. The minimum absolute atomic E-state index is 0.286. The number of aryl methyl sites for hydroxylation is 4. The summed E-state index contributed by atoms with van der Waals surface area (Å²) < 4.78 is 6.74. The zero-order valence-corrected chi connectivity index (χ0v) is 16.1. The minimum Gasteiger partial charge on any atom is -0.314 e. The second-order valence-electron chi connectivity index (χ2n) is 6.87. The van der Waals surface area contributed by atoms with Gasteiger partial charge in [-0.3, -0.25) is 18.3 Å². The molecule has 7 heteroatoms. The zero-order chi connectivity index (χ0) is 19.3. The molecule has 0 bridgehead atoms. The topological polar surface area (TPSA) is 66.2 Å². The lowest BCUT2D eigenvalue weighted by Crippen LogP contribution is -2.38. The molecule has 0 radical (unpaired) electrons. The van der Waals surface area contributed by atoms with Gasteiger partial charge in [0.2, 0.25) is 5.78 Å². The predicted molar refractivity (Wildman–Crippen MR) is 105 cm³/mol. The molecule has 140 valence electrons. The van der Waals surface area contributed by atoms with Crippen LogP contribution in [0.5, 0.6) is 0 Å². The van der Waals surface area contributed by atoms with Gasteiger partial charge in [0.05, 0.1) is 0 Å². The van der Waals surface area contributed by atoms with E-state index < -0.39 is 0 Å². The first-order valence-electron chi connectivity index (χ1n) is 9.17. The fraction of sp³-hybridized carbons (Fsp3) is 0.350. The van der Waals surface area contributed by atoms with E-state index in [0.717, 1.165) is 24.4 Å². The number of hydrogen-bond acceptors (Lipinski definition) is 3. The van der Waals surface area contributed by atoms with Crippen molar-refractivity contribution >= 4 is 16.9 Å². The highest BCUT2D eigenvalue weighted by Gasteiger charge is 2.21. The number of aromatic nitrogens is 5. The Bertz CT molecular complexity index is 1270. The fourth-order valence-electron chi connectivity index (χ4n) is 3.75. The first-order chi connectivity index (χ1) is 13.0. The normalized spacial score (nSPS) is 11.7. The molecule has 27 heavy (non-hydrogen) atoms. The third kappa shape index (κ3) is 2.45. The summed E-state index contributed by atoms with van der Waals surface area (Å²) in [6.45, 7) is 6.92. The maximum absolute atomic E-state index is 12.9. The van der Waals surface area contributed by atoms with Crippen LogP contribution in [0.15, 0.2) is 39.9 Å². The standard InChI is InChI=1S/C20H23N5O2/c1-5-23-18(26)16-17(22(4)20(23)27)21-19-24(13(2)14(3)25(16)19)12-11-15-9-7-6-8-10-15/h6-10H,5,11-12H2,1-4H3. The number of fused-ring (bicyclic) bond motifs is 3. The molecule has 0 saturated carbocycles. The van der Waals surface area contributed by atoms with Crippen LogP contribution in [0.2, 0.25) is 0 Å². The van der Waals surface area contributed by atoms with E-state index in [1.807, 2.05) is 36.4 Å². The summed E-state index contributed by atoms with van der Waals surface area (Å²) in [5.41, 5.74) is 3.57. The quantitative estimate of drug-likeness (QED) is 0.556. The van der Waals surface area contributed by atoms with Gasteiger partial charge in [-0.1, -0.05) is 30.3 Å². The van der Waals surface area contributed by atoms with Gasteiger partial charge >= 0.3 is 5.69 Å². The molecule has 3 heterocycles. The molecule has 3 aromatic heterocycles. The van der Waals surface area contributed by atoms with Crippen LogP contribution in [-0.2, 0) is 26.6 Å². The molecule has 0 N–H and O–H groups in total. The van der Waals surface area contributed by atoms with E-state index >= 15 is 0 Å². The number of benzene rings is 1. The van der Waals surface area contributed by atoms with Crippen LogP contribution in [0.25, 0.3) is 16.9 Å². The second kappa shape index (κ2) is 6.26. The van der Waals surface area contributed by atoms with Crippen molar-refractivity contribution in [1.29, 1.82) is 0 Å². The van der Waals surface area contributed by atoms with Gasteiger partial charge in [-0.05, 0) is 32.8 Å². The summed E-state index contributed by atoms with van der Waals surface area (Å²) in [4.78, 5) is 30.1. The molecular formula is C20H23N5O2. The van der Waals surface area contributed by atoms with Gasteiger partial charge in [0.15, 0.2) is 11.2 Å². The van der Waals surface area contributed by atoms with Crippen LogP contribution >= 0.6 is 0 Å². The third-order valence-corrected chi connectivity index (χ3v) is 5.41. The number of rotatable bonds is 4. The Labute approximate surface area is 156 Å². The average molecular weight is 365 g/mol. The van der Waals surface area contributed by atoms with Crippen molar-refractivity contribution in [3.8, 4) is 0 Å². The van der Waals surface area contributed by atoms with Gasteiger partial charge in [-0.25, -0.2) is 4.79 Å². The highest BCUT2D eigenvalue weighted by Crippen LogP contribution is 2.21. The Hall–Kier alpha value is -3.09. The lowest BCUT2D eigenvalue weighted by molar-refractivity contribution is 0.636. The largest absolute Gasteiger partial charge is 0.332 e. The van der Waals surface area contributed by atoms with Crippen molar-refractivity contribution in [1.82, 2.24) is 23.1 Å². The Morgan fingerprint density at radius 1 is 1.00 bits per heavy atom. The van der Waals surface area contributed by atoms with Crippen LogP contribution in [0.3, 0.4) is 0 Å². The van der Waals surface area contributed by atoms with Gasteiger partial charge < -0.3 is 4.57 Å². The second-order valence-corrected chi connectivity index (χ2v) is 6.87. The van der Waals surface area contributed by atoms with Gasteiger partial charge in [-0.15, -0.1) is 0 Å². The maximum atomic E-state index is 12.9. The summed E-state index contributed by atoms with van der Waals surface area (Å²) in [6, 6.07) is 10.3. The van der Waals surface area contributed by atoms with Gasteiger partial charge in [0, 0.05) is 31.5 Å². The van der Waals surface area contributed by atoms with Gasteiger partial charge in [0.25, 0.3) is 5.56 Å². The smallest absolute Gasteiger partial charge is 0.314 e. The van der Waals surface area contributed by atoms with Crippen molar-refractivity contribution in [2.24, 2.45) is 7.05 Å². The average Bonchev–Trinajstić information content (AvgIpc) is 3.17. The van der Waals surface area contributed by atoms with Crippen molar-refractivity contribution < 1.29 is 0 Å². The summed E-state index contributed by atoms with van der Waals surface area (Å²) in [6.07, 6.45) is 0.868. The van der Waals surface area contributed by atoms with E-state index in [2.05, 4.69) is 21.7 Å². The highest BCUT2D eigenvalue weighted by molar-refractivity contribution is 5.76. The Kier molecular flexibility index (Phi) is 4.02. The van der Waals surface area contributed by atoms with Crippen molar-refractivity contribution in [2.75, 3.05) is 0 Å². The SMILES string of the molecule is CCn1c(=O)c2c(nc3n(CCc4ccccc4)c(C)c(C)n23)n(C)c1=O. The van der Waals surface area contributed by atoms with E-state index in [1.165, 1.54) is 14.7 Å². The lowest BCUT2D eigenvalue weighted by Gasteiger charge is -2.07. The molecule has 0 aliphatic carbocycles. The van der Waals surface area contributed by atoms with Crippen molar-refractivity contribution in [2.45, 2.75) is 40.3 Å².